The number of nitrogens with one attached hydrogen (secondary N) is 1. The van der Waals surface area contributed by atoms with Crippen molar-refractivity contribution in [1.82, 2.24) is 15.3 Å². The summed E-state index contributed by atoms with van der Waals surface area (Å²) in [5.41, 5.74) is 1.63. The van der Waals surface area contributed by atoms with Crippen LogP contribution in [0.25, 0.3) is 0 Å². The molecular formula is C16H20N4OS. The Bertz CT molecular complexity index is 636. The zero-order chi connectivity index (χ0) is 15.4. The Morgan fingerprint density at radius 2 is 2.14 bits per heavy atom. The van der Waals surface area contributed by atoms with Crippen LogP contribution in [-0.2, 0) is 6.54 Å². The van der Waals surface area contributed by atoms with E-state index in [1.165, 1.54) is 30.6 Å². The van der Waals surface area contributed by atoms with Gasteiger partial charge in [0.05, 0.1) is 6.54 Å². The molecule has 1 amide bonds. The maximum absolute atomic E-state index is 12.0. The van der Waals surface area contributed by atoms with Crippen molar-refractivity contribution < 1.29 is 4.79 Å². The predicted octanol–water partition coefficient (Wildman–Crippen LogP) is 2.77. The monoisotopic (exact) mass is 316 g/mol. The van der Waals surface area contributed by atoms with Crippen LogP contribution in [0.2, 0.25) is 0 Å². The van der Waals surface area contributed by atoms with Crippen LogP contribution in [0.5, 0.6) is 0 Å². The highest BCUT2D eigenvalue weighted by Gasteiger charge is 2.14. The maximum atomic E-state index is 12.0. The second kappa shape index (κ2) is 6.87. The number of hydrogen-bond acceptors (Lipinski definition) is 5. The molecule has 1 fully saturated rings. The topological polar surface area (TPSA) is 58.1 Å². The molecule has 1 aliphatic heterocycles. The minimum atomic E-state index is -0.0779. The van der Waals surface area contributed by atoms with E-state index in [0.29, 0.717) is 17.9 Å². The summed E-state index contributed by atoms with van der Waals surface area (Å²) in [6.07, 6.45) is 3.73. The number of thiophene rings is 1. The van der Waals surface area contributed by atoms with E-state index in [0.717, 1.165) is 24.6 Å². The summed E-state index contributed by atoms with van der Waals surface area (Å²) in [6.45, 7) is 4.44. The van der Waals surface area contributed by atoms with Crippen LogP contribution in [0.3, 0.4) is 0 Å². The third-order valence-electron chi connectivity index (χ3n) is 3.76. The largest absolute Gasteiger partial charge is 0.357 e. The SMILES string of the molecule is Cc1cc(N2CCCCC2)nc(CNC(=O)c2ccsc2)n1. The summed E-state index contributed by atoms with van der Waals surface area (Å²) in [5.74, 6) is 1.57. The van der Waals surface area contributed by atoms with E-state index in [9.17, 15) is 4.79 Å². The number of rotatable bonds is 4. The van der Waals surface area contributed by atoms with Crippen molar-refractivity contribution in [1.29, 1.82) is 0 Å². The number of anilines is 1. The van der Waals surface area contributed by atoms with Crippen molar-refractivity contribution in [3.8, 4) is 0 Å². The van der Waals surface area contributed by atoms with Gasteiger partial charge in [-0.15, -0.1) is 0 Å². The average molecular weight is 316 g/mol. The summed E-state index contributed by atoms with van der Waals surface area (Å²) >= 11 is 1.51. The lowest BCUT2D eigenvalue weighted by atomic mass is 10.1. The van der Waals surface area contributed by atoms with Crippen molar-refractivity contribution in [3.63, 3.8) is 0 Å². The highest BCUT2D eigenvalue weighted by atomic mass is 32.1. The van der Waals surface area contributed by atoms with E-state index in [4.69, 9.17) is 0 Å². The predicted molar refractivity (Wildman–Crippen MR) is 88.3 cm³/mol. The Labute approximate surface area is 134 Å². The maximum Gasteiger partial charge on any atom is 0.252 e. The molecule has 3 rings (SSSR count). The van der Waals surface area contributed by atoms with Crippen LogP contribution in [0.1, 0.15) is 41.1 Å². The molecule has 3 heterocycles. The van der Waals surface area contributed by atoms with Crippen LogP contribution in [0.15, 0.2) is 22.9 Å². The molecule has 0 spiro atoms. The molecule has 0 atom stereocenters. The zero-order valence-corrected chi connectivity index (χ0v) is 13.5. The third kappa shape index (κ3) is 3.62. The molecule has 0 aliphatic carbocycles. The number of amides is 1. The van der Waals surface area contributed by atoms with E-state index in [-0.39, 0.29) is 5.91 Å². The summed E-state index contributed by atoms with van der Waals surface area (Å²) in [6, 6.07) is 3.84. The van der Waals surface area contributed by atoms with E-state index in [1.54, 1.807) is 0 Å². The van der Waals surface area contributed by atoms with Gasteiger partial charge in [-0.25, -0.2) is 9.97 Å². The number of aromatic nitrogens is 2. The molecule has 6 heteroatoms. The number of carbonyl (C=O) groups is 1. The average Bonchev–Trinajstić information content (AvgIpc) is 3.07. The van der Waals surface area contributed by atoms with E-state index in [1.807, 2.05) is 29.8 Å². The van der Waals surface area contributed by atoms with Crippen LogP contribution in [-0.4, -0.2) is 29.0 Å². The van der Waals surface area contributed by atoms with E-state index >= 15 is 0 Å². The minimum absolute atomic E-state index is 0.0779. The van der Waals surface area contributed by atoms with Gasteiger partial charge in [-0.3, -0.25) is 4.79 Å². The second-order valence-corrected chi connectivity index (χ2v) is 6.31. The van der Waals surface area contributed by atoms with Gasteiger partial charge in [0.1, 0.15) is 11.6 Å². The number of carbonyl (C=O) groups excluding carboxylic acids is 1. The molecule has 1 saturated heterocycles. The normalized spacial score (nSPS) is 14.9. The van der Waals surface area contributed by atoms with Gasteiger partial charge in [0.25, 0.3) is 5.91 Å². The minimum Gasteiger partial charge on any atom is -0.357 e. The molecule has 0 aromatic carbocycles. The van der Waals surface area contributed by atoms with Crippen LogP contribution in [0.4, 0.5) is 5.82 Å². The molecule has 22 heavy (non-hydrogen) atoms. The summed E-state index contributed by atoms with van der Waals surface area (Å²) in [7, 11) is 0. The summed E-state index contributed by atoms with van der Waals surface area (Å²) < 4.78 is 0. The molecule has 0 bridgehead atoms. The smallest absolute Gasteiger partial charge is 0.252 e. The summed E-state index contributed by atoms with van der Waals surface area (Å²) in [5, 5.41) is 6.62. The highest BCUT2D eigenvalue weighted by molar-refractivity contribution is 7.08. The molecule has 1 aliphatic rings. The molecule has 0 saturated carbocycles. The fraction of sp³-hybridized carbons (Fsp3) is 0.438. The van der Waals surface area contributed by atoms with Crippen LogP contribution >= 0.6 is 11.3 Å². The molecule has 116 valence electrons. The Hall–Kier alpha value is -1.95. The van der Waals surface area contributed by atoms with Gasteiger partial charge in [-0.2, -0.15) is 11.3 Å². The fourth-order valence-corrected chi connectivity index (χ4v) is 3.27. The van der Waals surface area contributed by atoms with Crippen molar-refractivity contribution in [2.45, 2.75) is 32.7 Å². The van der Waals surface area contributed by atoms with Gasteiger partial charge in [0.15, 0.2) is 0 Å². The van der Waals surface area contributed by atoms with Crippen molar-refractivity contribution in [3.05, 3.63) is 40.0 Å². The van der Waals surface area contributed by atoms with Gasteiger partial charge < -0.3 is 10.2 Å². The first-order chi connectivity index (χ1) is 10.7. The van der Waals surface area contributed by atoms with Crippen molar-refractivity contribution in [2.75, 3.05) is 18.0 Å². The first-order valence-electron chi connectivity index (χ1n) is 7.62. The van der Waals surface area contributed by atoms with Crippen LogP contribution in [0, 0.1) is 6.92 Å². The molecule has 2 aromatic rings. The number of aryl methyl sites for hydroxylation is 1. The van der Waals surface area contributed by atoms with E-state index < -0.39 is 0 Å². The van der Waals surface area contributed by atoms with Gasteiger partial charge in [0.2, 0.25) is 0 Å². The van der Waals surface area contributed by atoms with Gasteiger partial charge >= 0.3 is 0 Å². The first-order valence-corrected chi connectivity index (χ1v) is 8.56. The lowest BCUT2D eigenvalue weighted by molar-refractivity contribution is 0.0950. The highest BCUT2D eigenvalue weighted by Crippen LogP contribution is 2.18. The Kier molecular flexibility index (Phi) is 4.68. The van der Waals surface area contributed by atoms with Crippen molar-refractivity contribution >= 4 is 23.1 Å². The standard InChI is InChI=1S/C16H20N4OS/c1-12-9-15(20-6-3-2-4-7-20)19-14(18-12)10-17-16(21)13-5-8-22-11-13/h5,8-9,11H,2-4,6-7,10H2,1H3,(H,17,21). The molecule has 5 nitrogen and oxygen atoms in total. The number of nitrogens with zero attached hydrogens (tertiary/aromatic N) is 3. The first kappa shape index (κ1) is 15.0. The quantitative estimate of drug-likeness (QED) is 0.942. The molecule has 0 radical (unpaired) electrons. The lowest BCUT2D eigenvalue weighted by Gasteiger charge is -2.28. The summed E-state index contributed by atoms with van der Waals surface area (Å²) in [4.78, 5) is 23.3. The number of piperidine rings is 1. The third-order valence-corrected chi connectivity index (χ3v) is 4.44. The molecular weight excluding hydrogens is 296 g/mol. The molecule has 0 unspecified atom stereocenters. The van der Waals surface area contributed by atoms with Gasteiger partial charge in [-0.1, -0.05) is 0 Å². The Balaban J connectivity index is 1.68. The van der Waals surface area contributed by atoms with Crippen molar-refractivity contribution in [2.24, 2.45) is 0 Å². The molecule has 1 N–H and O–H groups in total. The second-order valence-electron chi connectivity index (χ2n) is 5.53. The van der Waals surface area contributed by atoms with Gasteiger partial charge in [-0.05, 0) is 37.6 Å². The number of hydrogen-bond donors (Lipinski definition) is 1. The lowest BCUT2D eigenvalue weighted by Crippen LogP contribution is -2.31. The van der Waals surface area contributed by atoms with Gasteiger partial charge in [0, 0.05) is 35.8 Å². The molecule has 2 aromatic heterocycles. The van der Waals surface area contributed by atoms with Crippen LogP contribution < -0.4 is 10.2 Å². The van der Waals surface area contributed by atoms with E-state index in [2.05, 4.69) is 20.2 Å². The Morgan fingerprint density at radius 3 is 2.86 bits per heavy atom. The zero-order valence-electron chi connectivity index (χ0n) is 12.7. The fourth-order valence-electron chi connectivity index (χ4n) is 2.63. The Morgan fingerprint density at radius 1 is 1.32 bits per heavy atom.